The molecule has 3 heterocycles. The molecule has 0 spiro atoms. The fourth-order valence-electron chi connectivity index (χ4n) is 3.09. The van der Waals surface area contributed by atoms with Crippen molar-refractivity contribution >= 4 is 23.2 Å². The van der Waals surface area contributed by atoms with Crippen LogP contribution in [0.1, 0.15) is 48.5 Å². The first-order valence-electron chi connectivity index (χ1n) is 8.50. The molecule has 1 fully saturated rings. The molecule has 6 nitrogen and oxygen atoms in total. The van der Waals surface area contributed by atoms with E-state index in [4.69, 9.17) is 0 Å². The molecule has 1 N–H and O–H groups in total. The van der Waals surface area contributed by atoms with Gasteiger partial charge >= 0.3 is 0 Å². The number of aromatic nitrogens is 2. The fourth-order valence-corrected chi connectivity index (χ4v) is 3.80. The molecule has 7 heteroatoms. The first kappa shape index (κ1) is 17.5. The summed E-state index contributed by atoms with van der Waals surface area (Å²) in [5.41, 5.74) is 1.52. The van der Waals surface area contributed by atoms with Crippen LogP contribution >= 0.6 is 11.3 Å². The van der Waals surface area contributed by atoms with E-state index in [-0.39, 0.29) is 17.9 Å². The predicted molar refractivity (Wildman–Crippen MR) is 95.9 cm³/mol. The van der Waals surface area contributed by atoms with Crippen molar-refractivity contribution in [2.45, 2.75) is 45.2 Å². The number of carbonyl (C=O) groups is 2. The molecular weight excluding hydrogens is 336 g/mol. The van der Waals surface area contributed by atoms with Crippen molar-refractivity contribution in [3.05, 3.63) is 46.2 Å². The van der Waals surface area contributed by atoms with Crippen LogP contribution in [-0.2, 0) is 22.6 Å². The Labute approximate surface area is 151 Å². The summed E-state index contributed by atoms with van der Waals surface area (Å²) in [5, 5.41) is 4.91. The minimum Gasteiger partial charge on any atom is -0.350 e. The average molecular weight is 358 g/mol. The second kappa shape index (κ2) is 8.20. The van der Waals surface area contributed by atoms with Crippen molar-refractivity contribution in [3.63, 3.8) is 0 Å². The lowest BCUT2D eigenvalue weighted by Gasteiger charge is -2.22. The van der Waals surface area contributed by atoms with Gasteiger partial charge in [-0.3, -0.25) is 19.6 Å². The number of rotatable bonds is 6. The Morgan fingerprint density at radius 3 is 3.04 bits per heavy atom. The topological polar surface area (TPSA) is 75.2 Å². The summed E-state index contributed by atoms with van der Waals surface area (Å²) in [6.45, 7) is 2.71. The number of carbonyl (C=O) groups excluding carboxylic acids is 2. The van der Waals surface area contributed by atoms with E-state index in [0.29, 0.717) is 13.0 Å². The maximum atomic E-state index is 12.0. The van der Waals surface area contributed by atoms with Crippen LogP contribution in [0.25, 0.3) is 0 Å². The highest BCUT2D eigenvalue weighted by atomic mass is 32.1. The van der Waals surface area contributed by atoms with Crippen LogP contribution in [-0.4, -0.2) is 33.2 Å². The maximum absolute atomic E-state index is 12.0. The largest absolute Gasteiger partial charge is 0.350 e. The summed E-state index contributed by atoms with van der Waals surface area (Å²) in [5.74, 6) is 0.0726. The first-order chi connectivity index (χ1) is 12.1. The summed E-state index contributed by atoms with van der Waals surface area (Å²) in [6.07, 6.45) is 6.49. The van der Waals surface area contributed by atoms with Gasteiger partial charge in [-0.05, 0) is 30.7 Å². The Hall–Kier alpha value is -2.28. The summed E-state index contributed by atoms with van der Waals surface area (Å²) >= 11 is 1.66. The molecule has 1 saturated heterocycles. The lowest BCUT2D eigenvalue weighted by Crippen LogP contribution is -2.29. The molecule has 25 heavy (non-hydrogen) atoms. The Kier molecular flexibility index (Phi) is 5.75. The molecule has 1 aliphatic rings. The summed E-state index contributed by atoms with van der Waals surface area (Å²) < 4.78 is 0. The van der Waals surface area contributed by atoms with Crippen molar-refractivity contribution in [1.82, 2.24) is 20.2 Å². The number of nitrogens with zero attached hydrogens (tertiary/aromatic N) is 3. The third-order valence-corrected chi connectivity index (χ3v) is 5.28. The molecule has 2 amide bonds. The fraction of sp³-hybridized carbons (Fsp3) is 0.444. The Balaban J connectivity index is 1.54. The van der Waals surface area contributed by atoms with Gasteiger partial charge in [0.2, 0.25) is 11.8 Å². The molecule has 0 aromatic carbocycles. The molecule has 0 saturated carbocycles. The van der Waals surface area contributed by atoms with Gasteiger partial charge in [0.1, 0.15) is 0 Å². The molecule has 3 rings (SSSR count). The lowest BCUT2D eigenvalue weighted by molar-refractivity contribution is -0.129. The number of hydrogen-bond donors (Lipinski definition) is 1. The minimum absolute atomic E-state index is 0.000481. The Bertz CT molecular complexity index is 732. The highest BCUT2D eigenvalue weighted by molar-refractivity contribution is 7.09. The van der Waals surface area contributed by atoms with Crippen molar-refractivity contribution in [2.75, 3.05) is 6.54 Å². The zero-order valence-electron chi connectivity index (χ0n) is 14.3. The van der Waals surface area contributed by atoms with Crippen LogP contribution in [0.3, 0.4) is 0 Å². The highest BCUT2D eigenvalue weighted by Gasteiger charge is 2.29. The number of nitrogens with one attached hydrogen (secondary N) is 1. The molecule has 0 aliphatic carbocycles. The van der Waals surface area contributed by atoms with Crippen LogP contribution in [0.5, 0.6) is 0 Å². The van der Waals surface area contributed by atoms with E-state index in [1.807, 2.05) is 22.4 Å². The Morgan fingerprint density at radius 1 is 1.40 bits per heavy atom. The Morgan fingerprint density at radius 2 is 2.28 bits per heavy atom. The van der Waals surface area contributed by atoms with Gasteiger partial charge in [-0.1, -0.05) is 6.07 Å². The van der Waals surface area contributed by atoms with E-state index >= 15 is 0 Å². The first-order valence-corrected chi connectivity index (χ1v) is 9.38. The molecule has 1 atom stereocenters. The maximum Gasteiger partial charge on any atom is 0.220 e. The minimum atomic E-state index is -0.000481. The van der Waals surface area contributed by atoms with Crippen molar-refractivity contribution in [2.24, 2.45) is 0 Å². The molecule has 2 aromatic heterocycles. The van der Waals surface area contributed by atoms with E-state index in [0.717, 1.165) is 37.2 Å². The molecular formula is C18H22N4O2S. The molecule has 1 aliphatic heterocycles. The van der Waals surface area contributed by atoms with E-state index in [1.54, 1.807) is 30.7 Å². The summed E-state index contributed by atoms with van der Waals surface area (Å²) in [7, 11) is 0. The average Bonchev–Trinajstić information content (AvgIpc) is 3.29. The lowest BCUT2D eigenvalue weighted by atomic mass is 10.1. The van der Waals surface area contributed by atoms with Gasteiger partial charge in [-0.25, -0.2) is 0 Å². The second-order valence-electron chi connectivity index (χ2n) is 6.16. The van der Waals surface area contributed by atoms with Crippen LogP contribution in [0, 0.1) is 0 Å². The molecule has 2 aromatic rings. The van der Waals surface area contributed by atoms with Crippen molar-refractivity contribution < 1.29 is 9.59 Å². The normalized spacial score (nSPS) is 16.8. The van der Waals surface area contributed by atoms with E-state index in [2.05, 4.69) is 15.3 Å². The van der Waals surface area contributed by atoms with Crippen LogP contribution in [0.2, 0.25) is 0 Å². The molecule has 0 bridgehead atoms. The zero-order valence-corrected chi connectivity index (χ0v) is 15.1. The van der Waals surface area contributed by atoms with Crippen LogP contribution in [0.4, 0.5) is 0 Å². The summed E-state index contributed by atoms with van der Waals surface area (Å²) in [6, 6.07) is 4.03. The van der Waals surface area contributed by atoms with Crippen molar-refractivity contribution in [3.8, 4) is 0 Å². The van der Waals surface area contributed by atoms with Crippen LogP contribution in [0.15, 0.2) is 29.9 Å². The van der Waals surface area contributed by atoms with E-state index in [1.165, 1.54) is 4.88 Å². The number of likely N-dealkylation sites (tertiary alicyclic amines) is 1. The van der Waals surface area contributed by atoms with Gasteiger partial charge in [0.05, 0.1) is 36.4 Å². The van der Waals surface area contributed by atoms with Gasteiger partial charge in [0, 0.05) is 24.8 Å². The van der Waals surface area contributed by atoms with Gasteiger partial charge in [0.25, 0.3) is 0 Å². The highest BCUT2D eigenvalue weighted by Crippen LogP contribution is 2.30. The standard InChI is InChI=1S/C18H22N4O2S/c1-13(23)22-8-2-5-17(22)16-12-19-10-14(21-16)11-20-18(24)7-6-15-4-3-9-25-15/h3-4,9-10,12,17H,2,5-8,11H2,1H3,(H,20,24). The van der Waals surface area contributed by atoms with Gasteiger partial charge in [-0.15, -0.1) is 11.3 Å². The van der Waals surface area contributed by atoms with E-state index in [9.17, 15) is 9.59 Å². The van der Waals surface area contributed by atoms with E-state index < -0.39 is 0 Å². The zero-order chi connectivity index (χ0) is 17.6. The predicted octanol–water partition coefficient (Wildman–Crippen LogP) is 2.47. The summed E-state index contributed by atoms with van der Waals surface area (Å²) in [4.78, 5) is 35.6. The monoisotopic (exact) mass is 358 g/mol. The quantitative estimate of drug-likeness (QED) is 0.861. The third kappa shape index (κ3) is 4.63. The number of amides is 2. The molecule has 0 radical (unpaired) electrons. The van der Waals surface area contributed by atoms with Gasteiger partial charge < -0.3 is 10.2 Å². The third-order valence-electron chi connectivity index (χ3n) is 4.35. The van der Waals surface area contributed by atoms with Gasteiger partial charge in [0.15, 0.2) is 0 Å². The molecule has 132 valence electrons. The van der Waals surface area contributed by atoms with Crippen LogP contribution < -0.4 is 5.32 Å². The smallest absolute Gasteiger partial charge is 0.220 e. The second-order valence-corrected chi connectivity index (χ2v) is 7.19. The number of hydrogen-bond acceptors (Lipinski definition) is 5. The van der Waals surface area contributed by atoms with Crippen molar-refractivity contribution in [1.29, 1.82) is 0 Å². The number of thiophene rings is 1. The number of aryl methyl sites for hydroxylation is 1. The van der Waals surface area contributed by atoms with Gasteiger partial charge in [-0.2, -0.15) is 0 Å². The SMILES string of the molecule is CC(=O)N1CCCC1c1cncc(CNC(=O)CCc2cccs2)n1. The molecule has 1 unspecified atom stereocenters.